The minimum atomic E-state index is -0.220. The fourth-order valence-corrected chi connectivity index (χ4v) is 2.03. The fourth-order valence-electron chi connectivity index (χ4n) is 2.03. The van der Waals surface area contributed by atoms with Gasteiger partial charge in [0.15, 0.2) is 0 Å². The Morgan fingerprint density at radius 2 is 1.26 bits per heavy atom. The van der Waals surface area contributed by atoms with Gasteiger partial charge in [-0.25, -0.2) is 0 Å². The molecule has 0 N–H and O–H groups in total. The summed E-state index contributed by atoms with van der Waals surface area (Å²) < 4.78 is 0. The first-order valence-electron chi connectivity index (χ1n) is 6.01. The summed E-state index contributed by atoms with van der Waals surface area (Å²) in [5.74, 6) is -0.116. The van der Waals surface area contributed by atoms with E-state index in [1.165, 1.54) is 0 Å². The van der Waals surface area contributed by atoms with Crippen molar-refractivity contribution in [2.24, 2.45) is 0 Å². The molecule has 0 bridgehead atoms. The van der Waals surface area contributed by atoms with Gasteiger partial charge in [0, 0.05) is 14.1 Å². The van der Waals surface area contributed by atoms with Gasteiger partial charge in [0.25, 0.3) is 0 Å². The molecule has 0 saturated heterocycles. The van der Waals surface area contributed by atoms with E-state index in [4.69, 9.17) is 0 Å². The third-order valence-corrected chi connectivity index (χ3v) is 2.95. The Morgan fingerprint density at radius 3 is 1.58 bits per heavy atom. The van der Waals surface area contributed by atoms with E-state index in [0.717, 1.165) is 11.1 Å². The van der Waals surface area contributed by atoms with Crippen LogP contribution in [-0.4, -0.2) is 24.9 Å². The number of likely N-dealkylation sites (N-methyl/N-ethyl adjacent to an activating group) is 1. The van der Waals surface area contributed by atoms with Gasteiger partial charge in [0.2, 0.25) is 5.91 Å². The van der Waals surface area contributed by atoms with E-state index >= 15 is 0 Å². The third kappa shape index (κ3) is 3.93. The number of hydrogen-bond acceptors (Lipinski definition) is 1. The number of hydrogen-bond donors (Lipinski definition) is 0. The molecule has 0 radical (unpaired) electrons. The van der Waals surface area contributed by atoms with Crippen molar-refractivity contribution in [3.63, 3.8) is 0 Å². The zero-order valence-electron chi connectivity index (χ0n) is 12.7. The van der Waals surface area contributed by atoms with Gasteiger partial charge in [-0.3, -0.25) is 4.79 Å². The van der Waals surface area contributed by atoms with Crippen molar-refractivity contribution < 1.29 is 35.8 Å². The smallest absolute Gasteiger partial charge is 1.00 e. The predicted octanol–water partition coefficient (Wildman–Crippen LogP) is 0.0232. The second-order valence-electron chi connectivity index (χ2n) is 4.49. The Labute approximate surface area is 138 Å². The molecule has 0 aliphatic heterocycles. The normalized spacial score (nSPS) is 9.84. The monoisotopic (exact) mass is 263 g/mol. The van der Waals surface area contributed by atoms with E-state index in [1.807, 2.05) is 60.7 Å². The van der Waals surface area contributed by atoms with Crippen LogP contribution >= 0.6 is 0 Å². The molecule has 0 aromatic heterocycles. The molecule has 0 heterocycles. The average molecular weight is 263 g/mol. The van der Waals surface area contributed by atoms with E-state index in [2.05, 4.69) is 0 Å². The standard InChI is InChI=1S/C16H17NO.Na.H/c1-17(2)16(18)15(13-9-5-3-6-10-13)14-11-7-4-8-12-14;;/h3-12,15H,1-2H3;;/q;+1;-1. The average Bonchev–Trinajstić information content (AvgIpc) is 2.41. The van der Waals surface area contributed by atoms with Crippen molar-refractivity contribution in [3.05, 3.63) is 71.8 Å². The molecule has 0 atom stereocenters. The summed E-state index contributed by atoms with van der Waals surface area (Å²) in [5, 5.41) is 0. The van der Waals surface area contributed by atoms with Crippen molar-refractivity contribution in [2.45, 2.75) is 5.92 Å². The van der Waals surface area contributed by atoms with Gasteiger partial charge in [-0.15, -0.1) is 0 Å². The van der Waals surface area contributed by atoms with Gasteiger partial charge in [-0.05, 0) is 11.1 Å². The molecule has 0 saturated carbocycles. The summed E-state index contributed by atoms with van der Waals surface area (Å²) in [7, 11) is 3.59. The number of carbonyl (C=O) groups excluding carboxylic acids is 1. The fraction of sp³-hybridized carbons (Fsp3) is 0.188. The summed E-state index contributed by atoms with van der Waals surface area (Å²) in [6, 6.07) is 19.8. The van der Waals surface area contributed by atoms with Crippen LogP contribution in [0.4, 0.5) is 0 Å². The van der Waals surface area contributed by atoms with Crippen molar-refractivity contribution in [2.75, 3.05) is 14.1 Å². The van der Waals surface area contributed by atoms with Crippen LogP contribution in [0.1, 0.15) is 18.5 Å². The van der Waals surface area contributed by atoms with Gasteiger partial charge in [0.1, 0.15) is 0 Å². The van der Waals surface area contributed by atoms with E-state index in [0.29, 0.717) is 0 Å². The van der Waals surface area contributed by atoms with Crippen LogP contribution in [0.2, 0.25) is 0 Å². The Balaban J connectivity index is 0.00000180. The van der Waals surface area contributed by atoms with Crippen LogP contribution in [0, 0.1) is 0 Å². The number of benzene rings is 2. The van der Waals surface area contributed by atoms with Gasteiger partial charge < -0.3 is 6.33 Å². The maximum Gasteiger partial charge on any atom is 1.00 e. The zero-order valence-corrected chi connectivity index (χ0v) is 13.7. The van der Waals surface area contributed by atoms with E-state index in [-0.39, 0.29) is 42.8 Å². The van der Waals surface area contributed by atoms with Gasteiger partial charge in [-0.2, -0.15) is 0 Å². The van der Waals surface area contributed by atoms with Crippen LogP contribution < -0.4 is 29.6 Å². The quantitative estimate of drug-likeness (QED) is 0.715. The summed E-state index contributed by atoms with van der Waals surface area (Å²) in [6.07, 6.45) is 0. The largest absolute Gasteiger partial charge is 1.00 e. The van der Waals surface area contributed by atoms with E-state index < -0.39 is 0 Å². The number of nitrogens with zero attached hydrogens (tertiary/aromatic N) is 1. The first-order chi connectivity index (χ1) is 8.70. The molecule has 0 fully saturated rings. The van der Waals surface area contributed by atoms with Crippen molar-refractivity contribution >= 4 is 5.91 Å². The van der Waals surface area contributed by atoms with Gasteiger partial charge in [0.05, 0.1) is 5.92 Å². The SMILES string of the molecule is CN(C)C(=O)C(c1ccccc1)c1ccccc1.[H-].[Na+]. The second-order valence-corrected chi connectivity index (χ2v) is 4.49. The molecule has 2 nitrogen and oxygen atoms in total. The van der Waals surface area contributed by atoms with Crippen molar-refractivity contribution in [1.29, 1.82) is 0 Å². The minimum Gasteiger partial charge on any atom is -1.00 e. The molecule has 0 aliphatic carbocycles. The second kappa shape index (κ2) is 7.49. The molecule has 94 valence electrons. The zero-order chi connectivity index (χ0) is 13.0. The Hall–Kier alpha value is -1.09. The molecule has 3 heteroatoms. The van der Waals surface area contributed by atoms with Gasteiger partial charge >= 0.3 is 29.6 Å². The first-order valence-corrected chi connectivity index (χ1v) is 6.01. The maximum atomic E-state index is 12.4. The van der Waals surface area contributed by atoms with Crippen molar-refractivity contribution in [3.8, 4) is 0 Å². The summed E-state index contributed by atoms with van der Waals surface area (Å²) in [6.45, 7) is 0. The van der Waals surface area contributed by atoms with Crippen molar-refractivity contribution in [1.82, 2.24) is 4.90 Å². The molecule has 2 rings (SSSR count). The predicted molar refractivity (Wildman–Crippen MR) is 74.5 cm³/mol. The van der Waals surface area contributed by atoms with E-state index in [1.54, 1.807) is 19.0 Å². The molecule has 19 heavy (non-hydrogen) atoms. The maximum absolute atomic E-state index is 12.4. The van der Waals surface area contributed by atoms with Crippen LogP contribution in [0.5, 0.6) is 0 Å². The van der Waals surface area contributed by atoms with E-state index in [9.17, 15) is 4.79 Å². The number of rotatable bonds is 3. The molecule has 2 aromatic carbocycles. The first kappa shape index (κ1) is 16.0. The number of carbonyl (C=O) groups is 1. The minimum absolute atomic E-state index is 0. The third-order valence-electron chi connectivity index (χ3n) is 2.95. The summed E-state index contributed by atoms with van der Waals surface area (Å²) in [4.78, 5) is 14.0. The Morgan fingerprint density at radius 1 is 0.895 bits per heavy atom. The summed E-state index contributed by atoms with van der Waals surface area (Å²) >= 11 is 0. The summed E-state index contributed by atoms with van der Waals surface area (Å²) in [5.41, 5.74) is 2.06. The molecular weight excluding hydrogens is 245 g/mol. The molecular formula is C16H18NNaO. The van der Waals surface area contributed by atoms with Crippen LogP contribution in [0.25, 0.3) is 0 Å². The molecule has 2 aromatic rings. The van der Waals surface area contributed by atoms with Crippen LogP contribution in [0.3, 0.4) is 0 Å². The Kier molecular flexibility index (Phi) is 6.29. The van der Waals surface area contributed by atoms with Crippen LogP contribution in [0.15, 0.2) is 60.7 Å². The molecule has 1 amide bonds. The molecule has 0 unspecified atom stereocenters. The Bertz CT molecular complexity index is 477. The van der Waals surface area contributed by atoms with Crippen LogP contribution in [-0.2, 0) is 4.79 Å². The topological polar surface area (TPSA) is 20.3 Å². The number of amides is 1. The molecule has 0 spiro atoms. The molecule has 0 aliphatic rings. The van der Waals surface area contributed by atoms with Gasteiger partial charge in [-0.1, -0.05) is 60.7 Å².